The van der Waals surface area contributed by atoms with Crippen LogP contribution < -0.4 is 4.72 Å². The molecule has 0 amide bonds. The Morgan fingerprint density at radius 3 is 2.55 bits per heavy atom. The molecule has 0 unspecified atom stereocenters. The summed E-state index contributed by atoms with van der Waals surface area (Å²) in [5, 5.41) is 6.69. The smallest absolute Gasteiger partial charge is 0.264 e. The molecule has 0 saturated heterocycles. The van der Waals surface area contributed by atoms with Crippen molar-refractivity contribution in [3.63, 3.8) is 0 Å². The fraction of sp³-hybridized carbons (Fsp3) is 0.250. The number of hydrogen-bond acceptors (Lipinski definition) is 3. The zero-order valence-corrected chi connectivity index (χ0v) is 14.9. The fourth-order valence-electron chi connectivity index (χ4n) is 1.62. The molecular weight excluding hydrogens is 410 g/mol. The highest BCUT2D eigenvalue weighted by atomic mass is 79.9. The van der Waals surface area contributed by atoms with Crippen LogP contribution in [0.15, 0.2) is 32.0 Å². The number of rotatable bonds is 4. The Labute approximate surface area is 134 Å². The van der Waals surface area contributed by atoms with Crippen LogP contribution in [0.1, 0.15) is 18.2 Å². The van der Waals surface area contributed by atoms with E-state index in [1.807, 2.05) is 13.8 Å². The van der Waals surface area contributed by atoms with E-state index in [0.29, 0.717) is 4.47 Å². The summed E-state index contributed by atoms with van der Waals surface area (Å²) >= 11 is 6.62. The van der Waals surface area contributed by atoms with Crippen molar-refractivity contribution in [3.05, 3.63) is 38.4 Å². The Hall–Kier alpha value is -0.860. The van der Waals surface area contributed by atoms with Gasteiger partial charge in [-0.3, -0.25) is 9.82 Å². The topological polar surface area (TPSA) is 74.8 Å². The molecule has 2 aromatic rings. The molecule has 0 spiro atoms. The van der Waals surface area contributed by atoms with Gasteiger partial charge in [0.25, 0.3) is 10.0 Å². The summed E-state index contributed by atoms with van der Waals surface area (Å²) in [4.78, 5) is 0.163. The quantitative estimate of drug-likeness (QED) is 0.790. The van der Waals surface area contributed by atoms with Crippen LogP contribution in [0.2, 0.25) is 0 Å². The Bertz CT molecular complexity index is 741. The number of nitrogens with zero attached hydrogens (tertiary/aromatic N) is 1. The van der Waals surface area contributed by atoms with Crippen LogP contribution in [0, 0.1) is 6.92 Å². The summed E-state index contributed by atoms with van der Waals surface area (Å²) in [6, 6.07) is 4.99. The van der Waals surface area contributed by atoms with Crippen LogP contribution in [0.4, 0.5) is 5.82 Å². The summed E-state index contributed by atoms with van der Waals surface area (Å²) in [7, 11) is -3.69. The first-order valence-electron chi connectivity index (χ1n) is 5.86. The predicted molar refractivity (Wildman–Crippen MR) is 85.4 cm³/mol. The summed E-state index contributed by atoms with van der Waals surface area (Å²) in [5.74, 6) is 0.283. The van der Waals surface area contributed by atoms with Crippen LogP contribution in [0.25, 0.3) is 0 Å². The standard InChI is InChI=1S/C12H13Br2N3O2S/c1-3-8-5-12(16-15-8)17-20(18,19)11-6-9(13)7(2)4-10(11)14/h4-6H,3H2,1-2H3,(H2,15,16,17). The van der Waals surface area contributed by atoms with E-state index in [9.17, 15) is 8.42 Å². The number of benzene rings is 1. The van der Waals surface area contributed by atoms with E-state index in [-0.39, 0.29) is 10.7 Å². The third-order valence-corrected chi connectivity index (χ3v) is 5.92. The Kier molecular flexibility index (Phi) is 4.55. The van der Waals surface area contributed by atoms with Crippen molar-refractivity contribution in [3.8, 4) is 0 Å². The van der Waals surface area contributed by atoms with Gasteiger partial charge in [-0.1, -0.05) is 22.9 Å². The molecule has 0 saturated carbocycles. The number of halogens is 2. The van der Waals surface area contributed by atoms with Crippen LogP contribution in [-0.2, 0) is 16.4 Å². The van der Waals surface area contributed by atoms with Crippen LogP contribution in [-0.4, -0.2) is 18.6 Å². The van der Waals surface area contributed by atoms with Gasteiger partial charge in [0.1, 0.15) is 4.90 Å². The fourth-order valence-corrected chi connectivity index (χ4v) is 4.29. The lowest BCUT2D eigenvalue weighted by Gasteiger charge is -2.09. The number of H-pyrrole nitrogens is 1. The second-order valence-corrected chi connectivity index (χ2v) is 7.63. The molecule has 0 radical (unpaired) electrons. The summed E-state index contributed by atoms with van der Waals surface area (Å²) in [6.07, 6.45) is 0.758. The largest absolute Gasteiger partial charge is 0.280 e. The number of aromatic nitrogens is 2. The van der Waals surface area contributed by atoms with E-state index in [4.69, 9.17) is 0 Å². The molecule has 108 valence electrons. The lowest BCUT2D eigenvalue weighted by atomic mass is 10.2. The van der Waals surface area contributed by atoms with Crippen molar-refractivity contribution in [2.45, 2.75) is 25.2 Å². The minimum atomic E-state index is -3.69. The van der Waals surface area contributed by atoms with Crippen LogP contribution >= 0.6 is 31.9 Å². The van der Waals surface area contributed by atoms with Gasteiger partial charge in [-0.2, -0.15) is 5.10 Å². The van der Waals surface area contributed by atoms with E-state index in [1.54, 1.807) is 18.2 Å². The number of sulfonamides is 1. The van der Waals surface area contributed by atoms with Gasteiger partial charge in [-0.15, -0.1) is 0 Å². The highest BCUT2D eigenvalue weighted by Crippen LogP contribution is 2.29. The lowest BCUT2D eigenvalue weighted by molar-refractivity contribution is 0.600. The number of nitrogens with one attached hydrogen (secondary N) is 2. The highest BCUT2D eigenvalue weighted by molar-refractivity contribution is 9.11. The molecular formula is C12H13Br2N3O2S. The van der Waals surface area contributed by atoms with Crippen molar-refractivity contribution in [1.29, 1.82) is 0 Å². The second-order valence-electron chi connectivity index (χ2n) is 4.27. The Balaban J connectivity index is 2.37. The van der Waals surface area contributed by atoms with E-state index < -0.39 is 10.0 Å². The maximum Gasteiger partial charge on any atom is 0.264 e. The average Bonchev–Trinajstić information content (AvgIpc) is 2.80. The summed E-state index contributed by atoms with van der Waals surface area (Å²) in [6.45, 7) is 3.85. The van der Waals surface area contributed by atoms with Gasteiger partial charge in [0, 0.05) is 20.7 Å². The lowest BCUT2D eigenvalue weighted by Crippen LogP contribution is -2.14. The first-order chi connectivity index (χ1) is 9.33. The monoisotopic (exact) mass is 421 g/mol. The highest BCUT2D eigenvalue weighted by Gasteiger charge is 2.20. The Morgan fingerprint density at radius 1 is 1.25 bits per heavy atom. The van der Waals surface area contributed by atoms with E-state index in [0.717, 1.165) is 22.2 Å². The molecule has 0 aliphatic carbocycles. The molecule has 0 fully saturated rings. The van der Waals surface area contributed by atoms with Crippen molar-refractivity contribution in [2.24, 2.45) is 0 Å². The summed E-state index contributed by atoms with van der Waals surface area (Å²) in [5.41, 5.74) is 1.82. The van der Waals surface area contributed by atoms with Crippen LogP contribution in [0.3, 0.4) is 0 Å². The zero-order chi connectivity index (χ0) is 14.9. The number of anilines is 1. The van der Waals surface area contributed by atoms with Gasteiger partial charge in [-0.25, -0.2) is 8.42 Å². The number of hydrogen-bond donors (Lipinski definition) is 2. The molecule has 2 N–H and O–H groups in total. The minimum Gasteiger partial charge on any atom is -0.280 e. The first-order valence-corrected chi connectivity index (χ1v) is 8.93. The van der Waals surface area contributed by atoms with Crippen LogP contribution in [0.5, 0.6) is 0 Å². The van der Waals surface area contributed by atoms with Gasteiger partial charge in [0.2, 0.25) is 0 Å². The van der Waals surface area contributed by atoms with Gasteiger partial charge in [-0.05, 0) is 47.0 Å². The first kappa shape index (κ1) is 15.5. The maximum absolute atomic E-state index is 12.4. The number of aromatic amines is 1. The SMILES string of the molecule is CCc1cc(NS(=O)(=O)c2cc(Br)c(C)cc2Br)n[nH]1. The zero-order valence-electron chi connectivity index (χ0n) is 10.9. The molecule has 0 aliphatic heterocycles. The van der Waals surface area contributed by atoms with Gasteiger partial charge < -0.3 is 0 Å². The molecule has 5 nitrogen and oxygen atoms in total. The summed E-state index contributed by atoms with van der Waals surface area (Å²) < 4.78 is 28.4. The normalized spacial score (nSPS) is 11.6. The Morgan fingerprint density at radius 2 is 1.95 bits per heavy atom. The van der Waals surface area contributed by atoms with E-state index in [2.05, 4.69) is 46.8 Å². The van der Waals surface area contributed by atoms with Gasteiger partial charge in [0.05, 0.1) is 0 Å². The molecule has 1 heterocycles. The van der Waals surface area contributed by atoms with E-state index in [1.165, 1.54) is 0 Å². The second kappa shape index (κ2) is 5.87. The van der Waals surface area contributed by atoms with Crippen molar-refractivity contribution >= 4 is 47.7 Å². The molecule has 1 aromatic heterocycles. The maximum atomic E-state index is 12.4. The predicted octanol–water partition coefficient (Wildman–Crippen LogP) is 3.61. The minimum absolute atomic E-state index is 0.163. The molecule has 20 heavy (non-hydrogen) atoms. The third-order valence-electron chi connectivity index (χ3n) is 2.75. The average molecular weight is 423 g/mol. The molecule has 2 rings (SSSR count). The van der Waals surface area contributed by atoms with Crippen molar-refractivity contribution in [2.75, 3.05) is 4.72 Å². The third kappa shape index (κ3) is 3.24. The van der Waals surface area contributed by atoms with Gasteiger partial charge >= 0.3 is 0 Å². The van der Waals surface area contributed by atoms with E-state index >= 15 is 0 Å². The molecule has 0 bridgehead atoms. The van der Waals surface area contributed by atoms with Gasteiger partial charge in [0.15, 0.2) is 5.82 Å². The van der Waals surface area contributed by atoms with Crippen molar-refractivity contribution < 1.29 is 8.42 Å². The molecule has 0 atom stereocenters. The molecule has 1 aromatic carbocycles. The molecule has 0 aliphatic rings. The van der Waals surface area contributed by atoms with Crippen molar-refractivity contribution in [1.82, 2.24) is 10.2 Å². The number of aryl methyl sites for hydroxylation is 2. The molecule has 8 heteroatoms.